The molecule has 0 saturated heterocycles. The lowest BCUT2D eigenvalue weighted by molar-refractivity contribution is 0.627. The van der Waals surface area contributed by atoms with Gasteiger partial charge in [-0.05, 0) is 17.7 Å². The Morgan fingerprint density at radius 2 is 2.20 bits per heavy atom. The Morgan fingerprint density at radius 1 is 1.50 bits per heavy atom. The molecule has 1 rings (SSSR count). The van der Waals surface area contributed by atoms with Gasteiger partial charge in [0.25, 0.3) is 0 Å². The molecule has 1 aromatic rings. The number of benzene rings is 1. The van der Waals surface area contributed by atoms with Crippen molar-refractivity contribution < 1.29 is 4.39 Å². The van der Waals surface area contributed by atoms with Crippen LogP contribution in [0.3, 0.4) is 0 Å². The molecule has 1 nitrogen and oxygen atoms in total. The Kier molecular flexibility index (Phi) is 1.71. The van der Waals surface area contributed by atoms with E-state index in [1.165, 1.54) is 12.1 Å². The lowest BCUT2D eigenvalue weighted by atomic mass is 10.2. The van der Waals surface area contributed by atoms with Crippen LogP contribution in [0.4, 0.5) is 4.39 Å². The standard InChI is InChI=1S/C8H8FN/c1-6(10)7-3-2-4-8(9)5-7/h2-5H,1,10H2. The second-order valence-electron chi connectivity index (χ2n) is 2.04. The summed E-state index contributed by atoms with van der Waals surface area (Å²) in [5.41, 5.74) is 6.35. The van der Waals surface area contributed by atoms with E-state index in [9.17, 15) is 4.39 Å². The summed E-state index contributed by atoms with van der Waals surface area (Å²) in [6.07, 6.45) is 0. The summed E-state index contributed by atoms with van der Waals surface area (Å²) in [5, 5.41) is 0. The van der Waals surface area contributed by atoms with E-state index >= 15 is 0 Å². The van der Waals surface area contributed by atoms with Gasteiger partial charge in [0.1, 0.15) is 5.82 Å². The molecule has 0 aliphatic carbocycles. The molecule has 10 heavy (non-hydrogen) atoms. The molecule has 0 spiro atoms. The number of hydrogen-bond acceptors (Lipinski definition) is 1. The highest BCUT2D eigenvalue weighted by Crippen LogP contribution is 2.07. The highest BCUT2D eigenvalue weighted by molar-refractivity contribution is 5.59. The lowest BCUT2D eigenvalue weighted by Gasteiger charge is -1.97. The quantitative estimate of drug-likeness (QED) is 0.627. The summed E-state index contributed by atoms with van der Waals surface area (Å²) in [5.74, 6) is -0.288. The number of nitrogens with two attached hydrogens (primary N) is 1. The average Bonchev–Trinajstić information content (AvgIpc) is 1.88. The van der Waals surface area contributed by atoms with E-state index in [4.69, 9.17) is 5.73 Å². The van der Waals surface area contributed by atoms with E-state index in [-0.39, 0.29) is 5.82 Å². The molecule has 0 aromatic heterocycles. The van der Waals surface area contributed by atoms with Gasteiger partial charge in [0.2, 0.25) is 0 Å². The lowest BCUT2D eigenvalue weighted by Crippen LogP contribution is -1.93. The van der Waals surface area contributed by atoms with Crippen LogP contribution in [0.15, 0.2) is 30.8 Å². The molecule has 0 bridgehead atoms. The van der Waals surface area contributed by atoms with Crippen LogP contribution in [0.1, 0.15) is 5.56 Å². The van der Waals surface area contributed by atoms with E-state index in [2.05, 4.69) is 6.58 Å². The van der Waals surface area contributed by atoms with Crippen molar-refractivity contribution >= 4 is 5.70 Å². The predicted octanol–water partition coefficient (Wildman–Crippen LogP) is 1.76. The molecule has 2 heteroatoms. The molecule has 0 atom stereocenters. The van der Waals surface area contributed by atoms with Crippen LogP contribution < -0.4 is 5.73 Å². The fourth-order valence-corrected chi connectivity index (χ4v) is 0.688. The van der Waals surface area contributed by atoms with Crippen molar-refractivity contribution in [3.8, 4) is 0 Å². The predicted molar refractivity (Wildman–Crippen MR) is 39.6 cm³/mol. The monoisotopic (exact) mass is 137 g/mol. The van der Waals surface area contributed by atoms with Crippen molar-refractivity contribution in [2.75, 3.05) is 0 Å². The minimum Gasteiger partial charge on any atom is -0.399 e. The van der Waals surface area contributed by atoms with Gasteiger partial charge in [0, 0.05) is 5.70 Å². The number of halogens is 1. The molecular formula is C8H8FN. The maximum absolute atomic E-state index is 12.4. The van der Waals surface area contributed by atoms with E-state index < -0.39 is 0 Å². The SMILES string of the molecule is C=C(N)c1cccc(F)c1. The zero-order valence-corrected chi connectivity index (χ0v) is 5.47. The van der Waals surface area contributed by atoms with Crippen LogP contribution in [0.5, 0.6) is 0 Å². The summed E-state index contributed by atoms with van der Waals surface area (Å²) in [6.45, 7) is 3.48. The molecule has 0 aliphatic heterocycles. The molecule has 0 fully saturated rings. The second kappa shape index (κ2) is 2.52. The maximum atomic E-state index is 12.4. The maximum Gasteiger partial charge on any atom is 0.123 e. The zero-order chi connectivity index (χ0) is 7.56. The minimum absolute atomic E-state index is 0.288. The molecule has 0 heterocycles. The largest absolute Gasteiger partial charge is 0.399 e. The van der Waals surface area contributed by atoms with Crippen molar-refractivity contribution in [2.24, 2.45) is 5.73 Å². The highest BCUT2D eigenvalue weighted by Gasteiger charge is 1.93. The van der Waals surface area contributed by atoms with Gasteiger partial charge in [-0.1, -0.05) is 18.7 Å². The third-order valence-corrected chi connectivity index (χ3v) is 1.20. The first-order valence-electron chi connectivity index (χ1n) is 2.90. The first kappa shape index (κ1) is 6.81. The molecule has 52 valence electrons. The average molecular weight is 137 g/mol. The summed E-state index contributed by atoms with van der Waals surface area (Å²) in [7, 11) is 0. The van der Waals surface area contributed by atoms with Crippen LogP contribution >= 0.6 is 0 Å². The Labute approximate surface area is 59.0 Å². The molecule has 2 N–H and O–H groups in total. The molecule has 0 aliphatic rings. The Balaban J connectivity index is 3.07. The van der Waals surface area contributed by atoms with E-state index in [1.54, 1.807) is 12.1 Å². The number of hydrogen-bond donors (Lipinski definition) is 1. The smallest absolute Gasteiger partial charge is 0.123 e. The topological polar surface area (TPSA) is 26.0 Å². The third-order valence-electron chi connectivity index (χ3n) is 1.20. The van der Waals surface area contributed by atoms with Gasteiger partial charge in [0.05, 0.1) is 0 Å². The van der Waals surface area contributed by atoms with Crippen molar-refractivity contribution in [3.63, 3.8) is 0 Å². The van der Waals surface area contributed by atoms with Crippen molar-refractivity contribution in [3.05, 3.63) is 42.2 Å². The number of rotatable bonds is 1. The Bertz CT molecular complexity index is 255. The Morgan fingerprint density at radius 3 is 2.60 bits per heavy atom. The first-order valence-corrected chi connectivity index (χ1v) is 2.90. The molecule has 0 amide bonds. The minimum atomic E-state index is -0.288. The molecular weight excluding hydrogens is 129 g/mol. The third kappa shape index (κ3) is 1.35. The normalized spacial score (nSPS) is 9.30. The highest BCUT2D eigenvalue weighted by atomic mass is 19.1. The second-order valence-corrected chi connectivity index (χ2v) is 2.04. The zero-order valence-electron chi connectivity index (χ0n) is 5.47. The van der Waals surface area contributed by atoms with Crippen LogP contribution in [0, 0.1) is 5.82 Å². The van der Waals surface area contributed by atoms with E-state index in [0.29, 0.717) is 11.3 Å². The van der Waals surface area contributed by atoms with E-state index in [0.717, 1.165) is 0 Å². The van der Waals surface area contributed by atoms with Crippen molar-refractivity contribution in [1.82, 2.24) is 0 Å². The first-order chi connectivity index (χ1) is 4.70. The molecule has 0 saturated carbocycles. The molecule has 0 unspecified atom stereocenters. The Hall–Kier alpha value is -1.31. The van der Waals surface area contributed by atoms with Gasteiger partial charge < -0.3 is 5.73 Å². The fraction of sp³-hybridized carbons (Fsp3) is 0. The van der Waals surface area contributed by atoms with Gasteiger partial charge in [-0.15, -0.1) is 0 Å². The molecule has 1 aromatic carbocycles. The molecule has 0 radical (unpaired) electrons. The van der Waals surface area contributed by atoms with Crippen LogP contribution in [0.2, 0.25) is 0 Å². The van der Waals surface area contributed by atoms with Gasteiger partial charge in [-0.2, -0.15) is 0 Å². The summed E-state index contributed by atoms with van der Waals surface area (Å²) < 4.78 is 12.4. The van der Waals surface area contributed by atoms with Gasteiger partial charge >= 0.3 is 0 Å². The van der Waals surface area contributed by atoms with Crippen LogP contribution in [0.25, 0.3) is 5.70 Å². The summed E-state index contributed by atoms with van der Waals surface area (Å²) in [4.78, 5) is 0. The summed E-state index contributed by atoms with van der Waals surface area (Å²) >= 11 is 0. The summed E-state index contributed by atoms with van der Waals surface area (Å²) in [6, 6.07) is 6.03. The van der Waals surface area contributed by atoms with Crippen LogP contribution in [-0.2, 0) is 0 Å². The van der Waals surface area contributed by atoms with Crippen molar-refractivity contribution in [2.45, 2.75) is 0 Å². The van der Waals surface area contributed by atoms with Crippen molar-refractivity contribution in [1.29, 1.82) is 0 Å². The fourth-order valence-electron chi connectivity index (χ4n) is 0.688. The van der Waals surface area contributed by atoms with Gasteiger partial charge in [0.15, 0.2) is 0 Å². The van der Waals surface area contributed by atoms with Crippen LogP contribution in [-0.4, -0.2) is 0 Å². The van der Waals surface area contributed by atoms with E-state index in [1.807, 2.05) is 0 Å². The van der Waals surface area contributed by atoms with Gasteiger partial charge in [-0.3, -0.25) is 0 Å². The van der Waals surface area contributed by atoms with Gasteiger partial charge in [-0.25, -0.2) is 4.39 Å².